The molecule has 1 aliphatic heterocycles. The van der Waals surface area contributed by atoms with E-state index in [2.05, 4.69) is 0 Å². The molecule has 2 rings (SSSR count). The number of hydroxylamine groups is 2. The van der Waals surface area contributed by atoms with Crippen molar-refractivity contribution in [3.05, 3.63) is 35.4 Å². The number of likely N-dealkylation sites (N-methyl/N-ethyl adjacent to an activating group) is 1. The second-order valence-electron chi connectivity index (χ2n) is 8.10. The molecule has 1 aliphatic rings. The number of amides is 3. The van der Waals surface area contributed by atoms with E-state index in [1.165, 1.54) is 19.2 Å². The quantitative estimate of drug-likeness (QED) is 0.718. The van der Waals surface area contributed by atoms with Crippen LogP contribution in [0.3, 0.4) is 0 Å². The summed E-state index contributed by atoms with van der Waals surface area (Å²) in [6.45, 7) is 8.91. The molecule has 0 saturated carbocycles. The SMILES string of the molecule is CC(C)C[C@@H](C(=O)ON1C(=O)c2ccccc2C1=O)N(C)C(=O)OC(C)(C)C. The first-order valence-corrected chi connectivity index (χ1v) is 9.07. The molecule has 0 N–H and O–H groups in total. The van der Waals surface area contributed by atoms with Crippen molar-refractivity contribution in [3.63, 3.8) is 0 Å². The molecular weight excluding hydrogens is 364 g/mol. The van der Waals surface area contributed by atoms with Crippen LogP contribution in [-0.2, 0) is 14.4 Å². The van der Waals surface area contributed by atoms with Gasteiger partial charge in [-0.1, -0.05) is 31.0 Å². The standard InChI is InChI=1S/C20H26N2O6/c1-12(2)11-15(21(6)19(26)27-20(3,4)5)18(25)28-22-16(23)13-9-7-8-10-14(13)17(22)24/h7-10,12,15H,11H2,1-6H3/t15-/m0/s1. The number of nitrogens with zero attached hydrogens (tertiary/aromatic N) is 2. The van der Waals surface area contributed by atoms with Crippen LogP contribution in [0.5, 0.6) is 0 Å². The molecule has 152 valence electrons. The van der Waals surface area contributed by atoms with Gasteiger partial charge in [-0.2, -0.15) is 0 Å². The molecule has 28 heavy (non-hydrogen) atoms. The Hall–Kier alpha value is -2.90. The van der Waals surface area contributed by atoms with E-state index >= 15 is 0 Å². The average molecular weight is 390 g/mol. The van der Waals surface area contributed by atoms with E-state index < -0.39 is 35.5 Å². The number of benzene rings is 1. The number of fused-ring (bicyclic) bond motifs is 1. The molecule has 1 aromatic rings. The summed E-state index contributed by atoms with van der Waals surface area (Å²) in [7, 11) is 1.42. The first-order valence-electron chi connectivity index (χ1n) is 9.07. The van der Waals surface area contributed by atoms with Gasteiger partial charge in [0.2, 0.25) is 0 Å². The second-order valence-corrected chi connectivity index (χ2v) is 8.10. The van der Waals surface area contributed by atoms with Crippen molar-refractivity contribution in [1.82, 2.24) is 9.96 Å². The first kappa shape index (κ1) is 21.4. The summed E-state index contributed by atoms with van der Waals surface area (Å²) in [6.07, 6.45) is -0.421. The van der Waals surface area contributed by atoms with Crippen molar-refractivity contribution < 1.29 is 28.8 Å². The number of carbonyl (C=O) groups excluding carboxylic acids is 4. The zero-order valence-electron chi connectivity index (χ0n) is 17.0. The number of imide groups is 1. The molecule has 0 fully saturated rings. The first-order chi connectivity index (χ1) is 12.9. The van der Waals surface area contributed by atoms with E-state index in [0.717, 1.165) is 4.90 Å². The summed E-state index contributed by atoms with van der Waals surface area (Å²) in [6, 6.07) is 5.20. The minimum atomic E-state index is -1.01. The summed E-state index contributed by atoms with van der Waals surface area (Å²) < 4.78 is 5.31. The van der Waals surface area contributed by atoms with Crippen molar-refractivity contribution in [3.8, 4) is 0 Å². The van der Waals surface area contributed by atoms with Gasteiger partial charge in [-0.15, -0.1) is 0 Å². The van der Waals surface area contributed by atoms with Crippen LogP contribution in [0.15, 0.2) is 24.3 Å². The van der Waals surface area contributed by atoms with Gasteiger partial charge in [-0.25, -0.2) is 9.59 Å². The van der Waals surface area contributed by atoms with E-state index in [9.17, 15) is 19.2 Å². The normalized spacial score (nSPS) is 14.8. The molecule has 1 heterocycles. The molecule has 1 aromatic carbocycles. The zero-order chi connectivity index (χ0) is 21.2. The van der Waals surface area contributed by atoms with Gasteiger partial charge in [0, 0.05) is 7.05 Å². The van der Waals surface area contributed by atoms with Crippen molar-refractivity contribution >= 4 is 23.9 Å². The third-order valence-corrected chi connectivity index (χ3v) is 4.05. The summed E-state index contributed by atoms with van der Waals surface area (Å²) in [5, 5.41) is 0.448. The van der Waals surface area contributed by atoms with Crippen molar-refractivity contribution in [2.24, 2.45) is 5.92 Å². The fraction of sp³-hybridized carbons (Fsp3) is 0.500. The van der Waals surface area contributed by atoms with Gasteiger partial charge in [0.15, 0.2) is 0 Å². The number of carbonyl (C=O) groups is 4. The Morgan fingerprint density at radius 1 is 1.07 bits per heavy atom. The van der Waals surface area contributed by atoms with Crippen LogP contribution < -0.4 is 0 Å². The summed E-state index contributed by atoms with van der Waals surface area (Å²) in [5.41, 5.74) is -0.400. The minimum absolute atomic E-state index is 0.0459. The van der Waals surface area contributed by atoms with E-state index in [-0.39, 0.29) is 23.5 Å². The van der Waals surface area contributed by atoms with Gasteiger partial charge in [0.1, 0.15) is 11.6 Å². The molecule has 0 bridgehead atoms. The second kappa shape index (κ2) is 8.00. The van der Waals surface area contributed by atoms with E-state index in [1.807, 2.05) is 13.8 Å². The molecule has 0 radical (unpaired) electrons. The van der Waals surface area contributed by atoms with Gasteiger partial charge in [-0.3, -0.25) is 14.5 Å². The maximum atomic E-state index is 12.8. The summed E-state index contributed by atoms with van der Waals surface area (Å²) in [4.78, 5) is 56.2. The molecule has 0 unspecified atom stereocenters. The van der Waals surface area contributed by atoms with E-state index in [4.69, 9.17) is 9.57 Å². The van der Waals surface area contributed by atoms with Crippen molar-refractivity contribution in [1.29, 1.82) is 0 Å². The number of hydrogen-bond acceptors (Lipinski definition) is 6. The van der Waals surface area contributed by atoms with Crippen molar-refractivity contribution in [2.75, 3.05) is 7.05 Å². The fourth-order valence-electron chi connectivity index (χ4n) is 2.72. The number of rotatable bonds is 5. The topological polar surface area (TPSA) is 93.2 Å². The largest absolute Gasteiger partial charge is 0.444 e. The zero-order valence-corrected chi connectivity index (χ0v) is 17.0. The van der Waals surface area contributed by atoms with Crippen LogP contribution in [0.25, 0.3) is 0 Å². The highest BCUT2D eigenvalue weighted by Gasteiger charge is 2.41. The van der Waals surface area contributed by atoms with Crippen LogP contribution in [0.1, 0.15) is 61.8 Å². The highest BCUT2D eigenvalue weighted by atomic mass is 16.7. The third-order valence-electron chi connectivity index (χ3n) is 4.05. The summed E-state index contributed by atoms with van der Waals surface area (Å²) >= 11 is 0. The lowest BCUT2D eigenvalue weighted by Crippen LogP contribution is -2.48. The maximum absolute atomic E-state index is 12.8. The van der Waals surface area contributed by atoms with Crippen LogP contribution in [0.2, 0.25) is 0 Å². The Labute approximate surface area is 164 Å². The Morgan fingerprint density at radius 3 is 2.00 bits per heavy atom. The van der Waals surface area contributed by atoms with Crippen LogP contribution in [0.4, 0.5) is 4.79 Å². The molecule has 0 saturated heterocycles. The Balaban J connectivity index is 2.19. The highest BCUT2D eigenvalue weighted by Crippen LogP contribution is 2.24. The van der Waals surface area contributed by atoms with Crippen LogP contribution >= 0.6 is 0 Å². The molecule has 1 atom stereocenters. The average Bonchev–Trinajstić information content (AvgIpc) is 2.82. The molecule has 0 aromatic heterocycles. The van der Waals surface area contributed by atoms with Gasteiger partial charge < -0.3 is 9.57 Å². The molecule has 8 heteroatoms. The molecular formula is C20H26N2O6. The molecule has 8 nitrogen and oxygen atoms in total. The van der Waals surface area contributed by atoms with E-state index in [1.54, 1.807) is 32.9 Å². The Kier molecular flexibility index (Phi) is 6.11. The monoisotopic (exact) mass is 390 g/mol. The lowest BCUT2D eigenvalue weighted by molar-refractivity contribution is -0.174. The van der Waals surface area contributed by atoms with E-state index in [0.29, 0.717) is 5.06 Å². The number of hydrogen-bond donors (Lipinski definition) is 0. The molecule has 0 aliphatic carbocycles. The Morgan fingerprint density at radius 2 is 1.57 bits per heavy atom. The predicted molar refractivity (Wildman–Crippen MR) is 100 cm³/mol. The maximum Gasteiger partial charge on any atom is 0.410 e. The lowest BCUT2D eigenvalue weighted by atomic mass is 10.0. The highest BCUT2D eigenvalue weighted by molar-refractivity contribution is 6.20. The number of ether oxygens (including phenoxy) is 1. The molecule has 3 amide bonds. The molecule has 0 spiro atoms. The summed E-state index contributed by atoms with van der Waals surface area (Å²) in [5.74, 6) is -2.25. The van der Waals surface area contributed by atoms with Gasteiger partial charge in [0.25, 0.3) is 11.8 Å². The lowest BCUT2D eigenvalue weighted by Gasteiger charge is -2.30. The fourth-order valence-corrected chi connectivity index (χ4v) is 2.72. The third kappa shape index (κ3) is 4.68. The van der Waals surface area contributed by atoms with Gasteiger partial charge in [0.05, 0.1) is 11.1 Å². The van der Waals surface area contributed by atoms with Crippen LogP contribution in [-0.4, -0.2) is 52.5 Å². The van der Waals surface area contributed by atoms with Gasteiger partial charge >= 0.3 is 12.1 Å². The smallest absolute Gasteiger partial charge is 0.410 e. The van der Waals surface area contributed by atoms with Crippen LogP contribution in [0, 0.1) is 5.92 Å². The predicted octanol–water partition coefficient (Wildman–Crippen LogP) is 3.02. The minimum Gasteiger partial charge on any atom is -0.444 e. The van der Waals surface area contributed by atoms with Crippen molar-refractivity contribution in [2.45, 2.75) is 52.7 Å². The Bertz CT molecular complexity index is 761. The van der Waals surface area contributed by atoms with Gasteiger partial charge in [-0.05, 0) is 45.2 Å².